The smallest absolute Gasteiger partial charge is 0.264 e. The summed E-state index contributed by atoms with van der Waals surface area (Å²) in [6.07, 6.45) is 4.78. The van der Waals surface area contributed by atoms with Gasteiger partial charge in [-0.3, -0.25) is 9.59 Å². The number of thiazole rings is 1. The van der Waals surface area contributed by atoms with Crippen molar-refractivity contribution in [3.63, 3.8) is 0 Å². The summed E-state index contributed by atoms with van der Waals surface area (Å²) in [5, 5.41) is 5.53. The lowest BCUT2D eigenvalue weighted by molar-refractivity contribution is -0.119. The largest absolute Gasteiger partial charge is 0.326 e. The van der Waals surface area contributed by atoms with Gasteiger partial charge < -0.3 is 10.2 Å². The minimum Gasteiger partial charge on any atom is -0.326 e. The molecular weight excluding hydrogens is 354 g/mol. The quantitative estimate of drug-likeness (QED) is 0.892. The maximum atomic E-state index is 12.7. The Morgan fingerprint density at radius 2 is 2.24 bits per heavy atom. The van der Waals surface area contributed by atoms with Gasteiger partial charge in [-0.2, -0.15) is 0 Å². The number of likely N-dealkylation sites (tertiary alicyclic amines) is 1. The molecule has 7 heteroatoms. The number of hydrogen-bond acceptors (Lipinski definition) is 5. The molecule has 1 saturated heterocycles. The normalized spacial score (nSPS) is 22.7. The number of anilines is 1. The number of carbonyl (C=O) groups is 2. The second-order valence-electron chi connectivity index (χ2n) is 6.86. The van der Waals surface area contributed by atoms with Crippen molar-refractivity contribution >= 4 is 39.6 Å². The number of thiophene rings is 1. The summed E-state index contributed by atoms with van der Waals surface area (Å²) in [5.74, 6) is 0.534. The molecule has 1 aliphatic heterocycles. The summed E-state index contributed by atoms with van der Waals surface area (Å²) in [6, 6.07) is 3.29. The average Bonchev–Trinajstić information content (AvgIpc) is 3.33. The molecule has 3 heterocycles. The van der Waals surface area contributed by atoms with E-state index in [4.69, 9.17) is 0 Å². The standard InChI is InChI=1S/C18H21N3O2S2/c1-11-6-7-12-15(10-11)25-18(19-12)20-16(22)13-4-2-8-21(13)17(23)14-5-3-9-24-14/h3,5,9,11,13H,2,4,6-8,10H2,1H3,(H,19,20,22)/t11?,13-/m0/s1. The first-order chi connectivity index (χ1) is 12.1. The summed E-state index contributed by atoms with van der Waals surface area (Å²) in [6.45, 7) is 2.90. The minimum atomic E-state index is -0.394. The van der Waals surface area contributed by atoms with Gasteiger partial charge in [-0.1, -0.05) is 13.0 Å². The monoisotopic (exact) mass is 375 g/mol. The van der Waals surface area contributed by atoms with E-state index in [0.717, 1.165) is 31.4 Å². The maximum Gasteiger partial charge on any atom is 0.264 e. The second-order valence-corrected chi connectivity index (χ2v) is 8.89. The first kappa shape index (κ1) is 16.7. The van der Waals surface area contributed by atoms with Crippen molar-refractivity contribution in [3.8, 4) is 0 Å². The van der Waals surface area contributed by atoms with E-state index in [1.54, 1.807) is 16.2 Å². The van der Waals surface area contributed by atoms with Crippen molar-refractivity contribution in [1.82, 2.24) is 9.88 Å². The Hall–Kier alpha value is -1.73. The first-order valence-corrected chi connectivity index (χ1v) is 10.5. The Balaban J connectivity index is 1.46. The van der Waals surface area contributed by atoms with Gasteiger partial charge in [0.1, 0.15) is 6.04 Å². The lowest BCUT2D eigenvalue weighted by Gasteiger charge is -2.22. The highest BCUT2D eigenvalue weighted by Gasteiger charge is 2.35. The van der Waals surface area contributed by atoms with Crippen molar-refractivity contribution < 1.29 is 9.59 Å². The number of nitrogens with one attached hydrogen (secondary N) is 1. The number of hydrogen-bond donors (Lipinski definition) is 1. The molecule has 0 radical (unpaired) electrons. The third-order valence-electron chi connectivity index (χ3n) is 4.96. The summed E-state index contributed by atoms with van der Waals surface area (Å²) in [7, 11) is 0. The van der Waals surface area contributed by atoms with Crippen LogP contribution in [0, 0.1) is 5.92 Å². The second kappa shape index (κ2) is 6.88. The molecule has 5 nitrogen and oxygen atoms in total. The van der Waals surface area contributed by atoms with Gasteiger partial charge >= 0.3 is 0 Å². The lowest BCUT2D eigenvalue weighted by atomic mass is 9.93. The lowest BCUT2D eigenvalue weighted by Crippen LogP contribution is -2.42. The van der Waals surface area contributed by atoms with Gasteiger partial charge in [0, 0.05) is 11.4 Å². The zero-order valence-electron chi connectivity index (χ0n) is 14.2. The van der Waals surface area contributed by atoms with Gasteiger partial charge in [0.15, 0.2) is 5.13 Å². The van der Waals surface area contributed by atoms with Crippen LogP contribution in [0.15, 0.2) is 17.5 Å². The minimum absolute atomic E-state index is 0.0418. The number of fused-ring (bicyclic) bond motifs is 1. The molecule has 2 aliphatic rings. The van der Waals surface area contributed by atoms with Gasteiger partial charge in [-0.05, 0) is 49.5 Å². The molecule has 2 amide bonds. The number of nitrogens with zero attached hydrogens (tertiary/aromatic N) is 2. The van der Waals surface area contributed by atoms with Gasteiger partial charge in [-0.15, -0.1) is 22.7 Å². The molecule has 132 valence electrons. The average molecular weight is 376 g/mol. The highest BCUT2D eigenvalue weighted by Crippen LogP contribution is 2.32. The molecule has 1 N–H and O–H groups in total. The topological polar surface area (TPSA) is 62.3 Å². The molecule has 2 aromatic rings. The van der Waals surface area contributed by atoms with Gasteiger partial charge in [0.05, 0.1) is 10.6 Å². The molecule has 0 bridgehead atoms. The summed E-state index contributed by atoms with van der Waals surface area (Å²) >= 11 is 3.01. The van der Waals surface area contributed by atoms with Crippen LogP contribution in [-0.4, -0.2) is 34.3 Å². The van der Waals surface area contributed by atoms with Crippen LogP contribution in [0.2, 0.25) is 0 Å². The number of carbonyl (C=O) groups excluding carboxylic acids is 2. The third kappa shape index (κ3) is 3.35. The Labute approximate surface area is 155 Å². The van der Waals surface area contributed by atoms with Crippen molar-refractivity contribution in [3.05, 3.63) is 33.0 Å². The Morgan fingerprint density at radius 3 is 3.04 bits per heavy atom. The first-order valence-electron chi connectivity index (χ1n) is 8.75. The molecule has 2 aromatic heterocycles. The van der Waals surface area contributed by atoms with Crippen molar-refractivity contribution in [2.45, 2.75) is 45.1 Å². The molecular formula is C18H21N3O2S2. The van der Waals surface area contributed by atoms with E-state index in [0.29, 0.717) is 28.9 Å². The molecule has 2 atom stereocenters. The molecule has 4 rings (SSSR count). The number of rotatable bonds is 3. The van der Waals surface area contributed by atoms with E-state index in [-0.39, 0.29) is 11.8 Å². The SMILES string of the molecule is CC1CCc2nc(NC(=O)[C@@H]3CCCN3C(=O)c3cccs3)sc2C1. The molecule has 0 spiro atoms. The number of aromatic nitrogens is 1. The summed E-state index contributed by atoms with van der Waals surface area (Å²) in [5.41, 5.74) is 1.14. The van der Waals surface area contributed by atoms with Crippen LogP contribution in [0.1, 0.15) is 46.4 Å². The molecule has 1 unspecified atom stereocenters. The van der Waals surface area contributed by atoms with Crippen molar-refractivity contribution in [2.24, 2.45) is 5.92 Å². The van der Waals surface area contributed by atoms with Crippen LogP contribution in [0.3, 0.4) is 0 Å². The maximum absolute atomic E-state index is 12.7. The van der Waals surface area contributed by atoms with E-state index < -0.39 is 6.04 Å². The van der Waals surface area contributed by atoms with E-state index in [1.807, 2.05) is 17.5 Å². The van der Waals surface area contributed by atoms with Gasteiger partial charge in [0.25, 0.3) is 5.91 Å². The van der Waals surface area contributed by atoms with E-state index in [9.17, 15) is 9.59 Å². The number of amides is 2. The predicted octanol–water partition coefficient (Wildman–Crippen LogP) is 3.57. The Kier molecular flexibility index (Phi) is 4.60. The van der Waals surface area contributed by atoms with Crippen LogP contribution < -0.4 is 5.32 Å². The van der Waals surface area contributed by atoms with Crippen LogP contribution in [-0.2, 0) is 17.6 Å². The zero-order valence-corrected chi connectivity index (χ0v) is 15.8. The van der Waals surface area contributed by atoms with Crippen LogP contribution >= 0.6 is 22.7 Å². The fourth-order valence-corrected chi connectivity index (χ4v) is 5.46. The number of aryl methyl sites for hydroxylation is 1. The van der Waals surface area contributed by atoms with Crippen molar-refractivity contribution in [1.29, 1.82) is 0 Å². The van der Waals surface area contributed by atoms with E-state index in [1.165, 1.54) is 16.2 Å². The van der Waals surface area contributed by atoms with Crippen molar-refractivity contribution in [2.75, 3.05) is 11.9 Å². The molecule has 25 heavy (non-hydrogen) atoms. The van der Waals surface area contributed by atoms with E-state index in [2.05, 4.69) is 17.2 Å². The third-order valence-corrected chi connectivity index (χ3v) is 6.86. The fraction of sp³-hybridized carbons (Fsp3) is 0.500. The van der Waals surface area contributed by atoms with Crippen LogP contribution in [0.4, 0.5) is 5.13 Å². The Morgan fingerprint density at radius 1 is 1.36 bits per heavy atom. The highest BCUT2D eigenvalue weighted by molar-refractivity contribution is 7.15. The molecule has 0 aromatic carbocycles. The van der Waals surface area contributed by atoms with E-state index >= 15 is 0 Å². The molecule has 1 fully saturated rings. The zero-order chi connectivity index (χ0) is 17.4. The summed E-state index contributed by atoms with van der Waals surface area (Å²) < 4.78 is 0. The predicted molar refractivity (Wildman–Crippen MR) is 100 cm³/mol. The fourth-order valence-electron chi connectivity index (χ4n) is 3.61. The highest BCUT2D eigenvalue weighted by atomic mass is 32.1. The summed E-state index contributed by atoms with van der Waals surface area (Å²) in [4.78, 5) is 33.7. The molecule has 1 aliphatic carbocycles. The molecule has 0 saturated carbocycles. The van der Waals surface area contributed by atoms with Gasteiger partial charge in [-0.25, -0.2) is 4.98 Å². The van der Waals surface area contributed by atoms with Crippen LogP contribution in [0.5, 0.6) is 0 Å². The van der Waals surface area contributed by atoms with Crippen LogP contribution in [0.25, 0.3) is 0 Å². The van der Waals surface area contributed by atoms with Gasteiger partial charge in [0.2, 0.25) is 5.91 Å². The Bertz CT molecular complexity index is 784.